The van der Waals surface area contributed by atoms with Crippen LogP contribution in [0.25, 0.3) is 50.0 Å². The minimum Gasteiger partial charge on any atom is -0.458 e. The third kappa shape index (κ3) is 6.64. The van der Waals surface area contributed by atoms with E-state index in [2.05, 4.69) is 221 Å². The van der Waals surface area contributed by atoms with Gasteiger partial charge in [0.1, 0.15) is 17.3 Å². The first-order chi connectivity index (χ1) is 27.8. The molecule has 0 saturated carbocycles. The molecule has 0 spiro atoms. The van der Waals surface area contributed by atoms with Gasteiger partial charge in [0.2, 0.25) is 0 Å². The summed E-state index contributed by atoms with van der Waals surface area (Å²) >= 11 is 0. The van der Waals surface area contributed by atoms with E-state index in [4.69, 9.17) is 9.72 Å². The second-order valence-electron chi connectivity index (χ2n) is 18.1. The van der Waals surface area contributed by atoms with Gasteiger partial charge in [0.25, 0.3) is 6.33 Å². The first-order valence-corrected chi connectivity index (χ1v) is 20.2. The number of rotatable bonds is 7. The molecule has 0 N–H and O–H groups in total. The van der Waals surface area contributed by atoms with Crippen LogP contribution in [0, 0.1) is 6.33 Å². The Labute approximate surface area is 341 Å². The molecule has 9 aromatic rings. The second kappa shape index (κ2) is 13.9. The van der Waals surface area contributed by atoms with E-state index in [9.17, 15) is 0 Å². The number of benzene rings is 6. The quantitative estimate of drug-likeness (QED) is 0.120. The highest BCUT2D eigenvalue weighted by atomic mass is 16.5. The van der Waals surface area contributed by atoms with E-state index in [-0.39, 0.29) is 16.2 Å². The highest BCUT2D eigenvalue weighted by Gasteiger charge is 2.25. The van der Waals surface area contributed by atoms with Crippen LogP contribution in [0.15, 0.2) is 158 Å². The van der Waals surface area contributed by atoms with Crippen molar-refractivity contribution in [2.24, 2.45) is 0 Å². The number of hydrogen-bond acceptors (Lipinski definition) is 2. The zero-order chi connectivity index (χ0) is 40.4. The molecule has 58 heavy (non-hydrogen) atoms. The topological polar surface area (TPSA) is 35.9 Å². The molecule has 0 atom stereocenters. The van der Waals surface area contributed by atoms with Gasteiger partial charge in [0, 0.05) is 28.5 Å². The maximum Gasteiger partial charge on any atom is 0.269 e. The Balaban J connectivity index is 1.11. The van der Waals surface area contributed by atoms with Crippen molar-refractivity contribution in [3.8, 4) is 28.7 Å². The monoisotopic (exact) mass is 758 g/mol. The van der Waals surface area contributed by atoms with Crippen LogP contribution in [0.5, 0.6) is 11.5 Å². The van der Waals surface area contributed by atoms with Gasteiger partial charge in [-0.05, 0) is 93.7 Å². The predicted molar refractivity (Wildman–Crippen MR) is 238 cm³/mol. The molecule has 0 aliphatic heterocycles. The lowest BCUT2D eigenvalue weighted by Gasteiger charge is -2.26. The molecule has 288 valence electrons. The average molecular weight is 759 g/mol. The molecule has 9 rings (SSSR count). The molecule has 0 fully saturated rings. The average Bonchev–Trinajstić information content (AvgIpc) is 3.77. The fourth-order valence-electron chi connectivity index (χ4n) is 8.08. The molecular weight excluding hydrogens is 709 g/mol. The number of aromatic nitrogens is 4. The van der Waals surface area contributed by atoms with Gasteiger partial charge in [-0.25, -0.2) is 4.98 Å². The molecule has 5 nitrogen and oxygen atoms in total. The van der Waals surface area contributed by atoms with E-state index in [1.54, 1.807) is 0 Å². The number of pyridine rings is 1. The normalized spacial score (nSPS) is 12.5. The van der Waals surface area contributed by atoms with Gasteiger partial charge in [-0.1, -0.05) is 140 Å². The lowest BCUT2D eigenvalue weighted by molar-refractivity contribution is -0.572. The molecular formula is C53H50N4O. The standard InChI is InChI=1S/C53H50N4O/c1-51(2,3)38-29-39(52(4,5)6)31-41(30-38)56-35-55(47-23-14-15-24-48(47)56)40-19-16-20-42(33-40)58-43-25-26-45-44-21-12-13-22-46(44)57(49(45)34-43)50-32-37(27-28-54-50)53(7,8)36-17-10-9-11-18-36/h9-34H,1-8H3. The van der Waals surface area contributed by atoms with Crippen molar-refractivity contribution in [1.29, 1.82) is 0 Å². The van der Waals surface area contributed by atoms with Gasteiger partial charge in [-0.15, -0.1) is 0 Å². The first kappa shape index (κ1) is 37.1. The third-order valence-corrected chi connectivity index (χ3v) is 11.6. The van der Waals surface area contributed by atoms with Gasteiger partial charge in [0.05, 0.1) is 33.4 Å². The van der Waals surface area contributed by atoms with Crippen LogP contribution in [0.3, 0.4) is 0 Å². The number of nitrogens with zero attached hydrogens (tertiary/aromatic N) is 4. The fourth-order valence-corrected chi connectivity index (χ4v) is 8.08. The Kier molecular flexibility index (Phi) is 8.89. The van der Waals surface area contributed by atoms with Crippen LogP contribution in [0.4, 0.5) is 0 Å². The van der Waals surface area contributed by atoms with E-state index in [0.29, 0.717) is 0 Å². The molecule has 0 aliphatic carbocycles. The highest BCUT2D eigenvalue weighted by Crippen LogP contribution is 2.38. The maximum absolute atomic E-state index is 6.71. The van der Waals surface area contributed by atoms with Crippen molar-refractivity contribution in [2.45, 2.75) is 71.6 Å². The van der Waals surface area contributed by atoms with Crippen molar-refractivity contribution in [3.63, 3.8) is 0 Å². The third-order valence-electron chi connectivity index (χ3n) is 11.6. The van der Waals surface area contributed by atoms with Crippen molar-refractivity contribution >= 4 is 32.8 Å². The molecule has 3 aromatic heterocycles. The highest BCUT2D eigenvalue weighted by molar-refractivity contribution is 6.09. The van der Waals surface area contributed by atoms with E-state index >= 15 is 0 Å². The lowest BCUT2D eigenvalue weighted by atomic mass is 9.78. The Bertz CT molecular complexity index is 2940. The summed E-state index contributed by atoms with van der Waals surface area (Å²) < 4.78 is 13.3. The number of hydrogen-bond donors (Lipinski definition) is 0. The van der Waals surface area contributed by atoms with E-state index in [1.807, 2.05) is 12.3 Å². The van der Waals surface area contributed by atoms with Crippen LogP contribution in [-0.2, 0) is 16.2 Å². The predicted octanol–water partition coefficient (Wildman–Crippen LogP) is 12.9. The number of imidazole rings is 1. The Morgan fingerprint density at radius 1 is 0.517 bits per heavy atom. The zero-order valence-electron chi connectivity index (χ0n) is 34.7. The summed E-state index contributed by atoms with van der Waals surface area (Å²) in [5.74, 6) is 2.36. The molecule has 6 aromatic carbocycles. The van der Waals surface area contributed by atoms with E-state index in [1.165, 1.54) is 27.6 Å². The minimum absolute atomic E-state index is 0.00216. The second-order valence-corrected chi connectivity index (χ2v) is 18.1. The number of ether oxygens (including phenoxy) is 1. The first-order valence-electron chi connectivity index (χ1n) is 20.2. The molecule has 0 aliphatic rings. The fraction of sp³-hybridized carbons (Fsp3) is 0.208. The summed E-state index contributed by atoms with van der Waals surface area (Å²) in [6, 6.07) is 53.7. The molecule has 5 heteroatoms. The Morgan fingerprint density at radius 3 is 1.91 bits per heavy atom. The summed E-state index contributed by atoms with van der Waals surface area (Å²) in [5, 5.41) is 2.32. The molecule has 0 amide bonds. The SMILES string of the molecule is CC(C)(C)c1cc(-[n+]2[c-]n(-c3cccc(Oc4ccc5c6ccccc6n(-c6cc(C(C)(C)c7ccccc7)ccn6)c5c4)c3)c3ccccc32)cc(C(C)(C)C)c1. The summed E-state index contributed by atoms with van der Waals surface area (Å²) in [4.78, 5) is 4.94. The lowest BCUT2D eigenvalue weighted by Crippen LogP contribution is -2.31. The van der Waals surface area contributed by atoms with Crippen molar-refractivity contribution in [1.82, 2.24) is 14.1 Å². The molecule has 0 unspecified atom stereocenters. The van der Waals surface area contributed by atoms with Gasteiger partial charge in [-0.3, -0.25) is 13.7 Å². The Morgan fingerprint density at radius 2 is 1.17 bits per heavy atom. The maximum atomic E-state index is 6.71. The van der Waals surface area contributed by atoms with E-state index in [0.717, 1.165) is 56.1 Å². The van der Waals surface area contributed by atoms with Crippen molar-refractivity contribution < 1.29 is 9.30 Å². The molecule has 0 bridgehead atoms. The molecule has 0 saturated heterocycles. The molecule has 0 radical (unpaired) electrons. The molecule has 3 heterocycles. The van der Waals surface area contributed by atoms with Gasteiger partial charge in [-0.2, -0.15) is 0 Å². The van der Waals surface area contributed by atoms with Gasteiger partial charge >= 0.3 is 0 Å². The van der Waals surface area contributed by atoms with Crippen LogP contribution in [-0.4, -0.2) is 14.1 Å². The summed E-state index contributed by atoms with van der Waals surface area (Å²) in [6.07, 6.45) is 5.66. The number of fused-ring (bicyclic) bond motifs is 4. The summed E-state index contributed by atoms with van der Waals surface area (Å²) in [7, 11) is 0. The van der Waals surface area contributed by atoms with Gasteiger partial charge < -0.3 is 4.74 Å². The van der Waals surface area contributed by atoms with Crippen LogP contribution in [0.2, 0.25) is 0 Å². The Hall–Kier alpha value is -6.46. The van der Waals surface area contributed by atoms with Crippen molar-refractivity contribution in [3.05, 3.63) is 186 Å². The van der Waals surface area contributed by atoms with Crippen molar-refractivity contribution in [2.75, 3.05) is 0 Å². The minimum atomic E-state index is -0.204. The van der Waals surface area contributed by atoms with Crippen LogP contribution in [0.1, 0.15) is 77.6 Å². The smallest absolute Gasteiger partial charge is 0.269 e. The van der Waals surface area contributed by atoms with Crippen LogP contribution >= 0.6 is 0 Å². The largest absolute Gasteiger partial charge is 0.458 e. The zero-order valence-corrected chi connectivity index (χ0v) is 34.7. The van der Waals surface area contributed by atoms with Gasteiger partial charge in [0.15, 0.2) is 0 Å². The summed E-state index contributed by atoms with van der Waals surface area (Å²) in [6.45, 7) is 18.2. The van der Waals surface area contributed by atoms with Crippen LogP contribution < -0.4 is 9.30 Å². The van der Waals surface area contributed by atoms with E-state index < -0.39 is 0 Å². The number of para-hydroxylation sites is 3. The summed E-state index contributed by atoms with van der Waals surface area (Å²) in [5.41, 5.74) is 11.2.